The molecule has 1 atom stereocenters. The highest BCUT2D eigenvalue weighted by Gasteiger charge is 2.17. The number of hydrogen-bond acceptors (Lipinski definition) is 4. The molecule has 0 aliphatic heterocycles. The Bertz CT molecular complexity index is 836. The van der Waals surface area contributed by atoms with Crippen molar-refractivity contribution in [2.75, 3.05) is 5.32 Å². The molecule has 0 aliphatic rings. The van der Waals surface area contributed by atoms with Crippen molar-refractivity contribution in [1.29, 1.82) is 0 Å². The molecule has 1 amide bonds. The van der Waals surface area contributed by atoms with Crippen LogP contribution in [0.5, 0.6) is 0 Å². The zero-order valence-electron chi connectivity index (χ0n) is 13.0. The lowest BCUT2D eigenvalue weighted by molar-refractivity contribution is -0.115. The van der Waals surface area contributed by atoms with Crippen molar-refractivity contribution in [2.45, 2.75) is 24.1 Å². The summed E-state index contributed by atoms with van der Waals surface area (Å²) >= 11 is 1.45. The van der Waals surface area contributed by atoms with E-state index in [1.54, 1.807) is 0 Å². The predicted molar refractivity (Wildman–Crippen MR) is 94.7 cm³/mol. The Kier molecular flexibility index (Phi) is 4.57. The lowest BCUT2D eigenvalue weighted by Gasteiger charge is -2.13. The molecule has 23 heavy (non-hydrogen) atoms. The largest absolute Gasteiger partial charge is 0.325 e. The second kappa shape index (κ2) is 6.79. The van der Waals surface area contributed by atoms with Gasteiger partial charge in [-0.2, -0.15) is 0 Å². The lowest BCUT2D eigenvalue weighted by atomic mass is 10.2. The molecule has 116 valence electrons. The molecule has 0 spiro atoms. The Morgan fingerprint density at radius 2 is 1.74 bits per heavy atom. The first-order valence-electron chi connectivity index (χ1n) is 7.39. The second-order valence-corrected chi connectivity index (χ2v) is 6.54. The van der Waals surface area contributed by atoms with E-state index >= 15 is 0 Å². The third-order valence-corrected chi connectivity index (χ3v) is 4.48. The maximum atomic E-state index is 12.4. The molecule has 5 heteroatoms. The number of amides is 1. The van der Waals surface area contributed by atoms with E-state index in [0.29, 0.717) is 5.82 Å². The molecule has 3 aromatic rings. The van der Waals surface area contributed by atoms with Crippen LogP contribution in [0.1, 0.15) is 12.7 Å². The minimum Gasteiger partial charge on any atom is -0.325 e. The molecule has 3 rings (SSSR count). The van der Waals surface area contributed by atoms with Gasteiger partial charge in [0.05, 0.1) is 10.8 Å². The SMILES string of the molecule is Cc1nc(SC(C)C(=O)Nc2ccccc2)c2ccccc2n1. The first-order chi connectivity index (χ1) is 11.1. The first-order valence-corrected chi connectivity index (χ1v) is 8.27. The summed E-state index contributed by atoms with van der Waals surface area (Å²) in [5.74, 6) is 0.670. The number of fused-ring (bicyclic) bond motifs is 1. The normalized spacial score (nSPS) is 12.1. The summed E-state index contributed by atoms with van der Waals surface area (Å²) in [6, 6.07) is 17.3. The Hall–Kier alpha value is -2.40. The molecule has 1 heterocycles. The van der Waals surface area contributed by atoms with Gasteiger partial charge in [-0.1, -0.05) is 48.2 Å². The van der Waals surface area contributed by atoms with Gasteiger partial charge in [0.25, 0.3) is 0 Å². The van der Waals surface area contributed by atoms with E-state index in [2.05, 4.69) is 15.3 Å². The third kappa shape index (κ3) is 3.68. The molecule has 1 N–H and O–H groups in total. The number of rotatable bonds is 4. The van der Waals surface area contributed by atoms with Crippen molar-refractivity contribution in [3.05, 3.63) is 60.4 Å². The number of hydrogen-bond donors (Lipinski definition) is 1. The number of nitrogens with zero attached hydrogens (tertiary/aromatic N) is 2. The summed E-state index contributed by atoms with van der Waals surface area (Å²) in [6.07, 6.45) is 0. The maximum absolute atomic E-state index is 12.4. The minimum atomic E-state index is -0.257. The molecule has 0 saturated carbocycles. The minimum absolute atomic E-state index is 0.0402. The van der Waals surface area contributed by atoms with Crippen LogP contribution in [0.4, 0.5) is 5.69 Å². The van der Waals surface area contributed by atoms with Gasteiger partial charge in [0.15, 0.2) is 0 Å². The molecule has 1 aromatic heterocycles. The average molecular weight is 323 g/mol. The highest BCUT2D eigenvalue weighted by atomic mass is 32.2. The van der Waals surface area contributed by atoms with E-state index in [-0.39, 0.29) is 11.2 Å². The van der Waals surface area contributed by atoms with E-state index in [0.717, 1.165) is 21.6 Å². The van der Waals surface area contributed by atoms with Crippen LogP contribution in [0.3, 0.4) is 0 Å². The van der Waals surface area contributed by atoms with Crippen LogP contribution < -0.4 is 5.32 Å². The monoisotopic (exact) mass is 323 g/mol. The fraction of sp³-hybridized carbons (Fsp3) is 0.167. The summed E-state index contributed by atoms with van der Waals surface area (Å²) in [6.45, 7) is 3.75. The molecule has 0 bridgehead atoms. The van der Waals surface area contributed by atoms with Gasteiger partial charge < -0.3 is 5.32 Å². The third-order valence-electron chi connectivity index (χ3n) is 3.38. The molecule has 2 aromatic carbocycles. The van der Waals surface area contributed by atoms with Gasteiger partial charge in [0.2, 0.25) is 5.91 Å². The number of thioether (sulfide) groups is 1. The molecule has 1 unspecified atom stereocenters. The molecule has 0 fully saturated rings. The topological polar surface area (TPSA) is 54.9 Å². The Balaban J connectivity index is 1.80. The number of para-hydroxylation sites is 2. The average Bonchev–Trinajstić information content (AvgIpc) is 2.55. The summed E-state index contributed by atoms with van der Waals surface area (Å²) in [4.78, 5) is 21.3. The van der Waals surface area contributed by atoms with Crippen LogP contribution in [-0.2, 0) is 4.79 Å². The first kappa shape index (κ1) is 15.5. The lowest BCUT2D eigenvalue weighted by Crippen LogP contribution is -2.22. The van der Waals surface area contributed by atoms with Gasteiger partial charge in [0.1, 0.15) is 10.9 Å². The molecule has 0 aliphatic carbocycles. The molecule has 0 saturated heterocycles. The number of carbonyl (C=O) groups is 1. The van der Waals surface area contributed by atoms with Crippen molar-refractivity contribution in [3.63, 3.8) is 0 Å². The summed E-state index contributed by atoms with van der Waals surface area (Å²) in [5, 5.41) is 4.48. The van der Waals surface area contributed by atoms with Crippen molar-refractivity contribution in [2.24, 2.45) is 0 Å². The standard InChI is InChI=1S/C18H17N3OS/c1-12(17(22)21-14-8-4-3-5-9-14)23-18-15-10-6-7-11-16(15)19-13(2)20-18/h3-12H,1-2H3,(H,21,22). The Morgan fingerprint density at radius 1 is 1.04 bits per heavy atom. The molecular formula is C18H17N3OS. The number of nitrogens with one attached hydrogen (secondary N) is 1. The van der Waals surface area contributed by atoms with Gasteiger partial charge in [-0.3, -0.25) is 4.79 Å². The van der Waals surface area contributed by atoms with Crippen molar-refractivity contribution in [1.82, 2.24) is 9.97 Å². The molecule has 4 nitrogen and oxygen atoms in total. The van der Waals surface area contributed by atoms with Gasteiger partial charge >= 0.3 is 0 Å². The van der Waals surface area contributed by atoms with Crippen LogP contribution in [0.15, 0.2) is 59.6 Å². The van der Waals surface area contributed by atoms with Crippen molar-refractivity contribution >= 4 is 34.3 Å². The predicted octanol–water partition coefficient (Wildman–Crippen LogP) is 4.06. The second-order valence-electron chi connectivity index (χ2n) is 5.21. The number of aryl methyl sites for hydroxylation is 1. The van der Waals surface area contributed by atoms with Crippen molar-refractivity contribution < 1.29 is 4.79 Å². The van der Waals surface area contributed by atoms with Crippen molar-refractivity contribution in [3.8, 4) is 0 Å². The Labute approximate surface area is 139 Å². The van der Waals surface area contributed by atoms with E-state index in [4.69, 9.17) is 0 Å². The number of benzene rings is 2. The number of carbonyl (C=O) groups excluding carboxylic acids is 1. The van der Waals surface area contributed by atoms with Gasteiger partial charge in [0, 0.05) is 11.1 Å². The van der Waals surface area contributed by atoms with Crippen LogP contribution in [0.25, 0.3) is 10.9 Å². The number of aromatic nitrogens is 2. The highest BCUT2D eigenvalue weighted by molar-refractivity contribution is 8.00. The summed E-state index contributed by atoms with van der Waals surface area (Å²) in [5.41, 5.74) is 1.70. The zero-order chi connectivity index (χ0) is 16.2. The van der Waals surface area contributed by atoms with Gasteiger partial charge in [-0.05, 0) is 32.0 Å². The fourth-order valence-corrected chi connectivity index (χ4v) is 3.22. The smallest absolute Gasteiger partial charge is 0.237 e. The molecular weight excluding hydrogens is 306 g/mol. The highest BCUT2D eigenvalue weighted by Crippen LogP contribution is 2.29. The van der Waals surface area contributed by atoms with E-state index in [1.807, 2.05) is 68.4 Å². The van der Waals surface area contributed by atoms with Gasteiger partial charge in [-0.15, -0.1) is 0 Å². The fourth-order valence-electron chi connectivity index (χ4n) is 2.23. The number of anilines is 1. The molecule has 0 radical (unpaired) electrons. The van der Waals surface area contributed by atoms with Crippen LogP contribution in [0, 0.1) is 6.92 Å². The van der Waals surface area contributed by atoms with E-state index in [9.17, 15) is 4.79 Å². The van der Waals surface area contributed by atoms with Gasteiger partial charge in [-0.25, -0.2) is 9.97 Å². The maximum Gasteiger partial charge on any atom is 0.237 e. The van der Waals surface area contributed by atoms with Crippen LogP contribution in [0.2, 0.25) is 0 Å². The quantitative estimate of drug-likeness (QED) is 0.581. The van der Waals surface area contributed by atoms with E-state index < -0.39 is 0 Å². The Morgan fingerprint density at radius 3 is 2.52 bits per heavy atom. The zero-order valence-corrected chi connectivity index (χ0v) is 13.8. The summed E-state index contributed by atoms with van der Waals surface area (Å²) in [7, 11) is 0. The summed E-state index contributed by atoms with van der Waals surface area (Å²) < 4.78 is 0. The van der Waals surface area contributed by atoms with Crippen LogP contribution in [-0.4, -0.2) is 21.1 Å². The van der Waals surface area contributed by atoms with Crippen LogP contribution >= 0.6 is 11.8 Å². The van der Waals surface area contributed by atoms with E-state index in [1.165, 1.54) is 11.8 Å².